The lowest BCUT2D eigenvalue weighted by Gasteiger charge is -2.14. The van der Waals surface area contributed by atoms with Crippen LogP contribution >= 0.6 is 48.9 Å². The zero-order chi connectivity index (χ0) is 24.2. The van der Waals surface area contributed by atoms with Crippen LogP contribution in [0.4, 0.5) is 0 Å². The van der Waals surface area contributed by atoms with Crippen LogP contribution in [-0.4, -0.2) is 72.3 Å². The number of nitrogens with one attached hydrogen (secondary N) is 6. The predicted octanol–water partition coefficient (Wildman–Crippen LogP) is 1.64. The molecular formula is C24H30N6S4. The van der Waals surface area contributed by atoms with Crippen LogP contribution in [0.25, 0.3) is 0 Å². The van der Waals surface area contributed by atoms with E-state index in [1.165, 1.54) is 0 Å². The van der Waals surface area contributed by atoms with Crippen molar-refractivity contribution in [1.82, 2.24) is 31.9 Å². The fourth-order valence-electron chi connectivity index (χ4n) is 3.32. The molecule has 0 aromatic heterocycles. The van der Waals surface area contributed by atoms with Gasteiger partial charge < -0.3 is 31.9 Å². The van der Waals surface area contributed by atoms with Crippen molar-refractivity contribution in [2.75, 3.05) is 52.4 Å². The Morgan fingerprint density at radius 1 is 0.412 bits per heavy atom. The molecule has 0 saturated heterocycles. The Bertz CT molecular complexity index is 874. The molecule has 0 spiro atoms. The van der Waals surface area contributed by atoms with E-state index in [4.69, 9.17) is 48.9 Å². The quantitative estimate of drug-likeness (QED) is 0.283. The summed E-state index contributed by atoms with van der Waals surface area (Å²) < 4.78 is 0. The highest BCUT2D eigenvalue weighted by Crippen LogP contribution is 2.08. The van der Waals surface area contributed by atoms with Crippen LogP contribution in [0.15, 0.2) is 48.5 Å². The van der Waals surface area contributed by atoms with E-state index in [0.29, 0.717) is 20.0 Å². The first-order valence-corrected chi connectivity index (χ1v) is 12.9. The second-order valence-electron chi connectivity index (χ2n) is 7.69. The summed E-state index contributed by atoms with van der Waals surface area (Å²) in [7, 11) is 0. The lowest BCUT2D eigenvalue weighted by Crippen LogP contribution is -2.37. The molecule has 180 valence electrons. The molecule has 1 aliphatic rings. The number of thiocarbonyl (C=S) groups is 4. The van der Waals surface area contributed by atoms with Crippen LogP contribution in [0.5, 0.6) is 0 Å². The summed E-state index contributed by atoms with van der Waals surface area (Å²) in [4.78, 5) is 2.86. The van der Waals surface area contributed by atoms with Gasteiger partial charge >= 0.3 is 0 Å². The van der Waals surface area contributed by atoms with Gasteiger partial charge in [-0.2, -0.15) is 0 Å². The predicted molar refractivity (Wildman–Crippen MR) is 157 cm³/mol. The number of hydrogen-bond acceptors (Lipinski definition) is 6. The van der Waals surface area contributed by atoms with Crippen molar-refractivity contribution in [2.45, 2.75) is 0 Å². The van der Waals surface area contributed by atoms with E-state index in [1.54, 1.807) is 0 Å². The van der Waals surface area contributed by atoms with Crippen molar-refractivity contribution >= 4 is 68.8 Å². The van der Waals surface area contributed by atoms with Crippen LogP contribution in [0.1, 0.15) is 22.3 Å². The summed E-state index contributed by atoms with van der Waals surface area (Å²) in [6.45, 7) is 6.08. The van der Waals surface area contributed by atoms with Crippen LogP contribution in [-0.2, 0) is 0 Å². The van der Waals surface area contributed by atoms with Gasteiger partial charge in [0.15, 0.2) is 0 Å². The van der Waals surface area contributed by atoms with Gasteiger partial charge in [0.25, 0.3) is 0 Å². The lowest BCUT2D eigenvalue weighted by atomic mass is 10.1. The van der Waals surface area contributed by atoms with E-state index in [-0.39, 0.29) is 0 Å². The highest BCUT2D eigenvalue weighted by atomic mass is 32.1. The minimum atomic E-state index is 0.715. The Morgan fingerprint density at radius 3 is 0.941 bits per heavy atom. The minimum absolute atomic E-state index is 0.715. The summed E-state index contributed by atoms with van der Waals surface area (Å²) in [5.74, 6) is 0. The van der Waals surface area contributed by atoms with Crippen LogP contribution < -0.4 is 31.9 Å². The third-order valence-corrected chi connectivity index (χ3v) is 6.64. The summed E-state index contributed by atoms with van der Waals surface area (Å²) in [5.41, 5.74) is 3.84. The SMILES string of the molecule is S=C1NCCNCCNC(=S)c2cccc(c2)C(=S)NCCNCCNC(=S)c2cccc1c2. The van der Waals surface area contributed by atoms with Gasteiger partial charge in [-0.15, -0.1) is 0 Å². The van der Waals surface area contributed by atoms with Crippen LogP contribution in [0.3, 0.4) is 0 Å². The smallest absolute Gasteiger partial charge is 0.106 e. The zero-order valence-corrected chi connectivity index (χ0v) is 22.2. The average molecular weight is 531 g/mol. The van der Waals surface area contributed by atoms with E-state index in [0.717, 1.165) is 74.6 Å². The van der Waals surface area contributed by atoms with E-state index < -0.39 is 0 Å². The molecule has 4 bridgehead atoms. The Kier molecular flexibility index (Phi) is 11.2. The highest BCUT2D eigenvalue weighted by molar-refractivity contribution is 7.81. The van der Waals surface area contributed by atoms with Gasteiger partial charge in [-0.3, -0.25) is 0 Å². The van der Waals surface area contributed by atoms with Gasteiger partial charge in [0.2, 0.25) is 0 Å². The highest BCUT2D eigenvalue weighted by Gasteiger charge is 2.07. The first-order chi connectivity index (χ1) is 16.5. The fourth-order valence-corrected chi connectivity index (χ4v) is 4.24. The maximum absolute atomic E-state index is 5.56. The average Bonchev–Trinajstić information content (AvgIpc) is 2.86. The normalized spacial score (nSPS) is 17.4. The molecule has 10 heteroatoms. The third kappa shape index (κ3) is 8.61. The molecule has 6 N–H and O–H groups in total. The molecule has 2 aromatic carbocycles. The van der Waals surface area contributed by atoms with Gasteiger partial charge in [0.1, 0.15) is 20.0 Å². The van der Waals surface area contributed by atoms with E-state index in [9.17, 15) is 0 Å². The lowest BCUT2D eigenvalue weighted by molar-refractivity contribution is 0.660. The molecule has 6 nitrogen and oxygen atoms in total. The third-order valence-electron chi connectivity index (χ3n) is 5.12. The van der Waals surface area contributed by atoms with Gasteiger partial charge in [0.05, 0.1) is 0 Å². The van der Waals surface area contributed by atoms with E-state index >= 15 is 0 Å². The van der Waals surface area contributed by atoms with Crippen molar-refractivity contribution in [3.05, 3.63) is 70.8 Å². The number of benzene rings is 2. The van der Waals surface area contributed by atoms with Gasteiger partial charge in [0, 0.05) is 74.6 Å². The maximum Gasteiger partial charge on any atom is 0.106 e. The minimum Gasteiger partial charge on any atom is -0.375 e. The Labute approximate surface area is 223 Å². The van der Waals surface area contributed by atoms with E-state index in [2.05, 4.69) is 31.9 Å². The molecule has 0 aliphatic carbocycles. The van der Waals surface area contributed by atoms with Crippen molar-refractivity contribution in [2.24, 2.45) is 0 Å². The largest absolute Gasteiger partial charge is 0.375 e. The Morgan fingerprint density at radius 2 is 0.676 bits per heavy atom. The second kappa shape index (κ2) is 14.3. The molecule has 0 atom stereocenters. The van der Waals surface area contributed by atoms with Crippen molar-refractivity contribution in [3.63, 3.8) is 0 Å². The topological polar surface area (TPSA) is 72.2 Å². The standard InChI is InChI=1S/C24H30N6S4/c31-21-17-3-1-4-18(15-17)22(32)28-12-8-26-10-14-30-24(34)20-6-2-5-19(16-20)23(33)29-13-9-25-7-11-27-21/h1-6,15-16,25-26H,7-14H2,(H,27,31)(H,28,32)(H,29,33)(H,30,34). The first-order valence-electron chi connectivity index (χ1n) is 11.3. The maximum atomic E-state index is 5.56. The van der Waals surface area contributed by atoms with Crippen molar-refractivity contribution in [3.8, 4) is 0 Å². The van der Waals surface area contributed by atoms with Crippen molar-refractivity contribution in [1.29, 1.82) is 0 Å². The molecule has 0 amide bonds. The van der Waals surface area contributed by atoms with Crippen LogP contribution in [0.2, 0.25) is 0 Å². The summed E-state index contributed by atoms with van der Waals surface area (Å²) in [6, 6.07) is 16.0. The molecule has 2 aromatic rings. The molecule has 1 heterocycles. The monoisotopic (exact) mass is 530 g/mol. The van der Waals surface area contributed by atoms with E-state index in [1.807, 2.05) is 48.5 Å². The molecule has 0 unspecified atom stereocenters. The molecule has 0 fully saturated rings. The van der Waals surface area contributed by atoms with Crippen molar-refractivity contribution < 1.29 is 0 Å². The summed E-state index contributed by atoms with van der Waals surface area (Å²) >= 11 is 22.2. The molecular weight excluding hydrogens is 501 g/mol. The second-order valence-corrected chi connectivity index (χ2v) is 9.32. The molecule has 0 saturated carbocycles. The van der Waals surface area contributed by atoms with Gasteiger partial charge in [-0.05, 0) is 12.1 Å². The van der Waals surface area contributed by atoms with Gasteiger partial charge in [-0.1, -0.05) is 85.3 Å². The number of rotatable bonds is 0. The molecule has 0 radical (unpaired) electrons. The molecule has 34 heavy (non-hydrogen) atoms. The fraction of sp³-hybridized carbons (Fsp3) is 0.333. The van der Waals surface area contributed by atoms with Crippen LogP contribution in [0, 0.1) is 0 Å². The summed E-state index contributed by atoms with van der Waals surface area (Å²) in [6.07, 6.45) is 0. The molecule has 3 rings (SSSR count). The first kappa shape index (κ1) is 26.5. The number of fused-ring (bicyclic) bond motifs is 4. The molecule has 1 aliphatic heterocycles. The Balaban J connectivity index is 1.60. The van der Waals surface area contributed by atoms with Gasteiger partial charge in [-0.25, -0.2) is 0 Å². The number of hydrogen-bond donors (Lipinski definition) is 6. The zero-order valence-electron chi connectivity index (χ0n) is 18.9. The Hall–Kier alpha value is -2.08. The summed E-state index contributed by atoms with van der Waals surface area (Å²) in [5, 5.41) is 20.0.